The number of hydrogen-bond donors (Lipinski definition) is 0. The van der Waals surface area contributed by atoms with Crippen molar-refractivity contribution in [2.24, 2.45) is 0 Å². The van der Waals surface area contributed by atoms with Gasteiger partial charge in [0.2, 0.25) is 0 Å². The molecule has 0 saturated carbocycles. The summed E-state index contributed by atoms with van der Waals surface area (Å²) in [5.41, 5.74) is 1.68. The van der Waals surface area contributed by atoms with Crippen molar-refractivity contribution < 1.29 is 9.18 Å². The van der Waals surface area contributed by atoms with Gasteiger partial charge in [0.15, 0.2) is 0 Å². The zero-order valence-electron chi connectivity index (χ0n) is 14.3. The molecule has 2 heterocycles. The second-order valence-corrected chi connectivity index (χ2v) is 6.77. The van der Waals surface area contributed by atoms with E-state index in [0.717, 1.165) is 37.9 Å². The van der Waals surface area contributed by atoms with E-state index in [1.807, 2.05) is 27.8 Å². The fourth-order valence-electron chi connectivity index (χ4n) is 3.26. The van der Waals surface area contributed by atoms with E-state index in [9.17, 15) is 9.18 Å². The van der Waals surface area contributed by atoms with Crippen molar-refractivity contribution in [3.8, 4) is 0 Å². The van der Waals surface area contributed by atoms with Gasteiger partial charge in [-0.3, -0.25) is 4.79 Å². The minimum atomic E-state index is -0.204. The quantitative estimate of drug-likeness (QED) is 0.853. The van der Waals surface area contributed by atoms with E-state index in [2.05, 4.69) is 18.8 Å². The molecule has 1 atom stereocenters. The summed E-state index contributed by atoms with van der Waals surface area (Å²) in [7, 11) is 0. The minimum absolute atomic E-state index is 0.00848. The van der Waals surface area contributed by atoms with Crippen molar-refractivity contribution in [3.63, 3.8) is 0 Å². The van der Waals surface area contributed by atoms with Crippen LogP contribution in [0.4, 0.5) is 4.39 Å². The Hall–Kier alpha value is -2.17. The number of rotatable bonds is 3. The molecule has 2 aromatic rings. The van der Waals surface area contributed by atoms with Gasteiger partial charge in [0.1, 0.15) is 11.5 Å². The molecule has 1 amide bonds. The Labute approximate surface area is 142 Å². The van der Waals surface area contributed by atoms with Gasteiger partial charge in [0.25, 0.3) is 5.91 Å². The van der Waals surface area contributed by atoms with E-state index in [0.29, 0.717) is 17.7 Å². The van der Waals surface area contributed by atoms with Gasteiger partial charge in [-0.15, -0.1) is 0 Å². The number of likely N-dealkylation sites (tertiary alicyclic amines) is 1. The highest BCUT2D eigenvalue weighted by Gasteiger charge is 2.24. The van der Waals surface area contributed by atoms with E-state index < -0.39 is 0 Å². The molecule has 1 aromatic carbocycles. The highest BCUT2D eigenvalue weighted by Crippen LogP contribution is 2.28. The summed E-state index contributed by atoms with van der Waals surface area (Å²) in [6.07, 6.45) is 6.43. The van der Waals surface area contributed by atoms with Crippen LogP contribution in [0.1, 0.15) is 61.1 Å². The van der Waals surface area contributed by atoms with E-state index in [4.69, 9.17) is 0 Å². The van der Waals surface area contributed by atoms with Gasteiger partial charge in [-0.05, 0) is 56.7 Å². The number of aromatic nitrogens is 2. The van der Waals surface area contributed by atoms with Crippen LogP contribution in [0.5, 0.6) is 0 Å². The summed E-state index contributed by atoms with van der Waals surface area (Å²) in [5.74, 6) is 0.190. The predicted molar refractivity (Wildman–Crippen MR) is 91.5 cm³/mol. The lowest BCUT2D eigenvalue weighted by molar-refractivity contribution is 0.0755. The van der Waals surface area contributed by atoms with Gasteiger partial charge in [-0.1, -0.05) is 12.1 Å². The van der Waals surface area contributed by atoms with Crippen LogP contribution in [-0.4, -0.2) is 33.4 Å². The van der Waals surface area contributed by atoms with E-state index >= 15 is 0 Å². The first-order chi connectivity index (χ1) is 11.5. The molecule has 1 aromatic heterocycles. The molecule has 0 radical (unpaired) electrons. The molecule has 4 nitrogen and oxygen atoms in total. The van der Waals surface area contributed by atoms with Crippen LogP contribution < -0.4 is 0 Å². The second kappa shape index (κ2) is 7.16. The van der Waals surface area contributed by atoms with Gasteiger partial charge >= 0.3 is 0 Å². The summed E-state index contributed by atoms with van der Waals surface area (Å²) in [6, 6.07) is 7.05. The number of nitrogens with zero attached hydrogens (tertiary/aromatic N) is 3. The molecular formula is C19H24FN3O. The number of carbonyl (C=O) groups is 1. The molecule has 24 heavy (non-hydrogen) atoms. The van der Waals surface area contributed by atoms with E-state index in [1.54, 1.807) is 6.33 Å². The molecule has 1 unspecified atom stereocenters. The summed E-state index contributed by atoms with van der Waals surface area (Å²) in [4.78, 5) is 18.8. The first-order valence-electron chi connectivity index (χ1n) is 8.63. The third kappa shape index (κ3) is 3.66. The first-order valence-corrected chi connectivity index (χ1v) is 8.63. The fourth-order valence-corrected chi connectivity index (χ4v) is 3.26. The molecule has 1 saturated heterocycles. The SMILES string of the molecule is CC(C)n1cnc(C(=O)N2CCCC(c3ccc(F)cc3)CC2)c1. The molecule has 128 valence electrons. The number of imidazole rings is 1. The monoisotopic (exact) mass is 329 g/mol. The van der Waals surface area contributed by atoms with Crippen LogP contribution in [0.3, 0.4) is 0 Å². The topological polar surface area (TPSA) is 38.1 Å². The smallest absolute Gasteiger partial charge is 0.274 e. The Bertz CT molecular complexity index is 693. The van der Waals surface area contributed by atoms with Crippen molar-refractivity contribution in [1.82, 2.24) is 14.5 Å². The molecule has 0 aliphatic carbocycles. The molecule has 5 heteroatoms. The van der Waals surface area contributed by atoms with Gasteiger partial charge in [0.05, 0.1) is 6.33 Å². The Morgan fingerprint density at radius 1 is 1.21 bits per heavy atom. The lowest BCUT2D eigenvalue weighted by Gasteiger charge is -2.19. The number of halogens is 1. The summed E-state index contributed by atoms with van der Waals surface area (Å²) in [6.45, 7) is 5.60. The maximum atomic E-state index is 13.1. The zero-order valence-corrected chi connectivity index (χ0v) is 14.3. The van der Waals surface area contributed by atoms with E-state index in [-0.39, 0.29) is 11.7 Å². The van der Waals surface area contributed by atoms with Crippen LogP contribution >= 0.6 is 0 Å². The lowest BCUT2D eigenvalue weighted by atomic mass is 9.92. The number of carbonyl (C=O) groups excluding carboxylic acids is 1. The van der Waals surface area contributed by atoms with Crippen molar-refractivity contribution in [1.29, 1.82) is 0 Å². The Morgan fingerprint density at radius 3 is 2.62 bits per heavy atom. The van der Waals surface area contributed by atoms with Crippen LogP contribution in [0.15, 0.2) is 36.8 Å². The Kier molecular flexibility index (Phi) is 4.97. The average Bonchev–Trinajstić information content (AvgIpc) is 2.94. The second-order valence-electron chi connectivity index (χ2n) is 6.77. The van der Waals surface area contributed by atoms with Crippen molar-refractivity contribution in [2.75, 3.05) is 13.1 Å². The predicted octanol–water partition coefficient (Wildman–Crippen LogP) is 4.01. The Morgan fingerprint density at radius 2 is 1.96 bits per heavy atom. The van der Waals surface area contributed by atoms with Crippen LogP contribution in [0.25, 0.3) is 0 Å². The van der Waals surface area contributed by atoms with E-state index in [1.165, 1.54) is 12.1 Å². The van der Waals surface area contributed by atoms with Crippen molar-refractivity contribution >= 4 is 5.91 Å². The van der Waals surface area contributed by atoms with Gasteiger partial charge in [-0.2, -0.15) is 0 Å². The largest absolute Gasteiger partial charge is 0.337 e. The summed E-state index contributed by atoms with van der Waals surface area (Å²) in [5, 5.41) is 0. The lowest BCUT2D eigenvalue weighted by Crippen LogP contribution is -2.32. The first kappa shape index (κ1) is 16.7. The number of hydrogen-bond acceptors (Lipinski definition) is 2. The normalized spacial score (nSPS) is 18.7. The molecule has 3 rings (SSSR count). The zero-order chi connectivity index (χ0) is 17.1. The van der Waals surface area contributed by atoms with Gasteiger partial charge < -0.3 is 9.47 Å². The maximum Gasteiger partial charge on any atom is 0.274 e. The molecule has 1 fully saturated rings. The van der Waals surface area contributed by atoms with Gasteiger partial charge in [-0.25, -0.2) is 9.37 Å². The van der Waals surface area contributed by atoms with Gasteiger partial charge in [0, 0.05) is 25.3 Å². The third-order valence-corrected chi connectivity index (χ3v) is 4.77. The highest BCUT2D eigenvalue weighted by atomic mass is 19.1. The molecule has 0 N–H and O–H groups in total. The highest BCUT2D eigenvalue weighted by molar-refractivity contribution is 5.92. The minimum Gasteiger partial charge on any atom is -0.337 e. The molecular weight excluding hydrogens is 305 g/mol. The number of benzene rings is 1. The van der Waals surface area contributed by atoms with Crippen LogP contribution in [0.2, 0.25) is 0 Å². The molecule has 0 bridgehead atoms. The molecule has 1 aliphatic rings. The van der Waals surface area contributed by atoms with Crippen molar-refractivity contribution in [3.05, 3.63) is 53.9 Å². The third-order valence-electron chi connectivity index (χ3n) is 4.77. The summed E-state index contributed by atoms with van der Waals surface area (Å²) >= 11 is 0. The van der Waals surface area contributed by atoms with Crippen LogP contribution in [-0.2, 0) is 0 Å². The standard InChI is InChI=1S/C19H24FN3O/c1-14(2)23-12-18(21-13-23)19(24)22-10-3-4-15(9-11-22)16-5-7-17(20)8-6-16/h5-8,12-15H,3-4,9-11H2,1-2H3. The fraction of sp³-hybridized carbons (Fsp3) is 0.474. The van der Waals surface area contributed by atoms with Crippen LogP contribution in [0, 0.1) is 5.82 Å². The maximum absolute atomic E-state index is 13.1. The molecule has 0 spiro atoms. The average molecular weight is 329 g/mol. The summed E-state index contributed by atoms with van der Waals surface area (Å²) < 4.78 is 15.0. The Balaban J connectivity index is 1.66. The van der Waals surface area contributed by atoms with Crippen molar-refractivity contribution in [2.45, 2.75) is 45.1 Å². The number of amides is 1. The molecule has 1 aliphatic heterocycles.